The van der Waals surface area contributed by atoms with Gasteiger partial charge in [-0.2, -0.15) is 0 Å². The van der Waals surface area contributed by atoms with Gasteiger partial charge in [-0.3, -0.25) is 9.59 Å². The van der Waals surface area contributed by atoms with Crippen molar-refractivity contribution in [2.24, 2.45) is 28.6 Å². The van der Waals surface area contributed by atoms with Gasteiger partial charge in [0.25, 0.3) is 0 Å². The maximum absolute atomic E-state index is 12.5. The molecule has 1 aliphatic carbocycles. The summed E-state index contributed by atoms with van der Waals surface area (Å²) in [4.78, 5) is 24.8. The Bertz CT molecular complexity index is 379. The van der Waals surface area contributed by atoms with Crippen molar-refractivity contribution >= 4 is 11.6 Å². The highest BCUT2D eigenvalue weighted by atomic mass is 16.1. The molecule has 0 aliphatic heterocycles. The van der Waals surface area contributed by atoms with Crippen LogP contribution in [-0.4, -0.2) is 11.6 Å². The summed E-state index contributed by atoms with van der Waals surface area (Å²) in [5.41, 5.74) is -0.492. The fourth-order valence-corrected chi connectivity index (χ4v) is 3.70. The fraction of sp³-hybridized carbons (Fsp3) is 0.895. The number of carbonyl (C=O) groups is 2. The van der Waals surface area contributed by atoms with Gasteiger partial charge in [0.2, 0.25) is 0 Å². The number of ketones is 2. The lowest BCUT2D eigenvalue weighted by molar-refractivity contribution is -0.132. The lowest BCUT2D eigenvalue weighted by atomic mass is 9.70. The molecule has 3 atom stereocenters. The van der Waals surface area contributed by atoms with E-state index in [4.69, 9.17) is 0 Å². The molecule has 0 aromatic rings. The Balaban J connectivity index is 2.62. The first-order valence-corrected chi connectivity index (χ1v) is 8.51. The zero-order valence-corrected chi connectivity index (χ0v) is 15.1. The molecule has 0 amide bonds. The standard InChI is InChI=1S/C19H34O2/c1-13(16(20)18(2,3)4)11-14-9-8-10-15(12-14)17(21)19(5,6)7/h13-15H,8-12H2,1-7H3. The summed E-state index contributed by atoms with van der Waals surface area (Å²) in [6.07, 6.45) is 5.28. The summed E-state index contributed by atoms with van der Waals surface area (Å²) in [5.74, 6) is 1.62. The molecular formula is C19H34O2. The topological polar surface area (TPSA) is 34.1 Å². The first kappa shape index (κ1) is 18.4. The Morgan fingerprint density at radius 2 is 1.57 bits per heavy atom. The molecule has 0 bridgehead atoms. The van der Waals surface area contributed by atoms with Crippen LogP contribution in [0.4, 0.5) is 0 Å². The molecule has 1 rings (SSSR count). The number of hydrogen-bond acceptors (Lipinski definition) is 2. The van der Waals surface area contributed by atoms with Crippen molar-refractivity contribution in [1.82, 2.24) is 0 Å². The van der Waals surface area contributed by atoms with Crippen LogP contribution in [0.15, 0.2) is 0 Å². The molecule has 1 fully saturated rings. The van der Waals surface area contributed by atoms with Crippen molar-refractivity contribution in [3.8, 4) is 0 Å². The lowest BCUT2D eigenvalue weighted by Crippen LogP contribution is -2.33. The third kappa shape index (κ3) is 5.23. The van der Waals surface area contributed by atoms with E-state index in [0.717, 1.165) is 25.7 Å². The lowest BCUT2D eigenvalue weighted by Gasteiger charge is -2.33. The summed E-state index contributed by atoms with van der Waals surface area (Å²) in [6, 6.07) is 0. The highest BCUT2D eigenvalue weighted by molar-refractivity contribution is 5.86. The van der Waals surface area contributed by atoms with Crippen LogP contribution in [0.1, 0.15) is 80.6 Å². The second-order valence-electron chi connectivity index (χ2n) is 9.09. The molecule has 122 valence electrons. The summed E-state index contributed by atoms with van der Waals surface area (Å²) in [5, 5.41) is 0. The van der Waals surface area contributed by atoms with E-state index in [9.17, 15) is 9.59 Å². The summed E-state index contributed by atoms with van der Waals surface area (Å²) in [6.45, 7) is 14.1. The van der Waals surface area contributed by atoms with Crippen LogP contribution in [0.5, 0.6) is 0 Å². The van der Waals surface area contributed by atoms with Gasteiger partial charge in [-0.1, -0.05) is 61.3 Å². The smallest absolute Gasteiger partial charge is 0.141 e. The molecule has 1 aliphatic rings. The molecular weight excluding hydrogens is 260 g/mol. The zero-order chi connectivity index (χ0) is 16.4. The SMILES string of the molecule is CC(CC1CCCC(C(=O)C(C)(C)C)C1)C(=O)C(C)(C)C. The van der Waals surface area contributed by atoms with Gasteiger partial charge in [0.1, 0.15) is 11.6 Å². The minimum absolute atomic E-state index is 0.110. The van der Waals surface area contributed by atoms with E-state index >= 15 is 0 Å². The van der Waals surface area contributed by atoms with Gasteiger partial charge < -0.3 is 0 Å². The molecule has 0 aromatic carbocycles. The van der Waals surface area contributed by atoms with E-state index < -0.39 is 0 Å². The Labute approximate surface area is 131 Å². The van der Waals surface area contributed by atoms with Crippen molar-refractivity contribution < 1.29 is 9.59 Å². The van der Waals surface area contributed by atoms with E-state index in [0.29, 0.717) is 17.5 Å². The average molecular weight is 294 g/mol. The van der Waals surface area contributed by atoms with Gasteiger partial charge in [-0.15, -0.1) is 0 Å². The first-order chi connectivity index (χ1) is 9.43. The molecule has 0 saturated heterocycles. The summed E-state index contributed by atoms with van der Waals surface area (Å²) in [7, 11) is 0. The van der Waals surface area contributed by atoms with E-state index in [1.165, 1.54) is 6.42 Å². The third-order valence-corrected chi connectivity index (χ3v) is 4.77. The van der Waals surface area contributed by atoms with Crippen LogP contribution in [0.25, 0.3) is 0 Å². The number of rotatable bonds is 4. The van der Waals surface area contributed by atoms with Crippen molar-refractivity contribution in [2.75, 3.05) is 0 Å². The average Bonchev–Trinajstić information content (AvgIpc) is 2.35. The first-order valence-electron chi connectivity index (χ1n) is 8.51. The van der Waals surface area contributed by atoms with Crippen molar-refractivity contribution in [3.05, 3.63) is 0 Å². The molecule has 1 saturated carbocycles. The largest absolute Gasteiger partial charge is 0.299 e. The maximum atomic E-state index is 12.5. The summed E-state index contributed by atoms with van der Waals surface area (Å²) < 4.78 is 0. The van der Waals surface area contributed by atoms with Crippen LogP contribution >= 0.6 is 0 Å². The van der Waals surface area contributed by atoms with Crippen molar-refractivity contribution in [1.29, 1.82) is 0 Å². The normalized spacial score (nSPS) is 25.5. The third-order valence-electron chi connectivity index (χ3n) is 4.77. The molecule has 2 heteroatoms. The summed E-state index contributed by atoms with van der Waals surface area (Å²) >= 11 is 0. The minimum atomic E-state index is -0.255. The van der Waals surface area contributed by atoms with Gasteiger partial charge in [0, 0.05) is 22.7 Å². The van der Waals surface area contributed by atoms with E-state index in [1.807, 2.05) is 41.5 Å². The van der Waals surface area contributed by atoms with Crippen molar-refractivity contribution in [2.45, 2.75) is 80.6 Å². The Morgan fingerprint density at radius 3 is 2.05 bits per heavy atom. The maximum Gasteiger partial charge on any atom is 0.141 e. The quantitative estimate of drug-likeness (QED) is 0.727. The van der Waals surface area contributed by atoms with Gasteiger partial charge in [-0.25, -0.2) is 0 Å². The molecule has 0 spiro atoms. The van der Waals surface area contributed by atoms with E-state index in [-0.39, 0.29) is 22.7 Å². The second-order valence-corrected chi connectivity index (χ2v) is 9.09. The number of carbonyl (C=O) groups excluding carboxylic acids is 2. The van der Waals surface area contributed by atoms with Gasteiger partial charge in [0.05, 0.1) is 0 Å². The zero-order valence-electron chi connectivity index (χ0n) is 15.1. The van der Waals surface area contributed by atoms with Gasteiger partial charge in [-0.05, 0) is 25.2 Å². The van der Waals surface area contributed by atoms with Crippen LogP contribution in [0, 0.1) is 28.6 Å². The number of hydrogen-bond donors (Lipinski definition) is 0. The second kappa shape index (κ2) is 6.62. The Kier molecular flexibility index (Phi) is 5.80. The molecule has 0 radical (unpaired) electrons. The van der Waals surface area contributed by atoms with Gasteiger partial charge >= 0.3 is 0 Å². The molecule has 2 nitrogen and oxygen atoms in total. The molecule has 21 heavy (non-hydrogen) atoms. The van der Waals surface area contributed by atoms with Crippen LogP contribution < -0.4 is 0 Å². The predicted molar refractivity (Wildman–Crippen MR) is 88.2 cm³/mol. The molecule has 3 unspecified atom stereocenters. The van der Waals surface area contributed by atoms with Crippen molar-refractivity contribution in [3.63, 3.8) is 0 Å². The Hall–Kier alpha value is -0.660. The monoisotopic (exact) mass is 294 g/mol. The predicted octanol–water partition coefficient (Wildman–Crippen LogP) is 5.05. The van der Waals surface area contributed by atoms with Gasteiger partial charge in [0.15, 0.2) is 0 Å². The van der Waals surface area contributed by atoms with E-state index in [2.05, 4.69) is 6.92 Å². The van der Waals surface area contributed by atoms with Crippen LogP contribution in [0.2, 0.25) is 0 Å². The Morgan fingerprint density at radius 1 is 1.00 bits per heavy atom. The highest BCUT2D eigenvalue weighted by Crippen LogP contribution is 2.38. The highest BCUT2D eigenvalue weighted by Gasteiger charge is 2.35. The molecule has 0 aromatic heterocycles. The molecule has 0 heterocycles. The van der Waals surface area contributed by atoms with Crippen LogP contribution in [-0.2, 0) is 9.59 Å². The number of Topliss-reactive ketones (excluding diaryl/α,β-unsaturated/α-hetero) is 2. The van der Waals surface area contributed by atoms with Crippen LogP contribution in [0.3, 0.4) is 0 Å². The fourth-order valence-electron chi connectivity index (χ4n) is 3.70. The molecule has 0 N–H and O–H groups in total. The minimum Gasteiger partial charge on any atom is -0.299 e. The van der Waals surface area contributed by atoms with E-state index in [1.54, 1.807) is 0 Å².